The van der Waals surface area contributed by atoms with Gasteiger partial charge in [0.25, 0.3) is 0 Å². The van der Waals surface area contributed by atoms with Crippen molar-refractivity contribution in [1.29, 1.82) is 5.26 Å². The van der Waals surface area contributed by atoms with Gasteiger partial charge in [0.2, 0.25) is 0 Å². The molecule has 0 fully saturated rings. The summed E-state index contributed by atoms with van der Waals surface area (Å²) in [6, 6.07) is 2.95. The lowest BCUT2D eigenvalue weighted by Crippen LogP contribution is -2.25. The highest BCUT2D eigenvalue weighted by molar-refractivity contribution is 5.55. The molecule has 1 aromatic rings. The van der Waals surface area contributed by atoms with Crippen molar-refractivity contribution >= 4 is 5.82 Å². The topological polar surface area (TPSA) is 48.7 Å². The Hall–Kier alpha value is -1.77. The molecule has 0 aromatic carbocycles. The molecule has 1 heterocycles. The number of hydrogen-bond donors (Lipinski definition) is 1. The van der Waals surface area contributed by atoms with Gasteiger partial charge >= 0.3 is 6.18 Å². The highest BCUT2D eigenvalue weighted by Gasteiger charge is 2.30. The number of nitrogens with zero attached hydrogens (tertiary/aromatic N) is 2. The molecule has 20 heavy (non-hydrogen) atoms. The first-order chi connectivity index (χ1) is 9.39. The summed E-state index contributed by atoms with van der Waals surface area (Å²) in [5, 5.41) is 11.8. The highest BCUT2D eigenvalue weighted by atomic mass is 19.4. The van der Waals surface area contributed by atoms with Crippen molar-refractivity contribution in [2.45, 2.75) is 51.2 Å². The normalized spacial score (nSPS) is 16.1. The van der Waals surface area contributed by atoms with Crippen LogP contribution in [-0.4, -0.2) is 17.2 Å². The van der Waals surface area contributed by atoms with Crippen LogP contribution in [0.4, 0.5) is 19.0 Å². The first-order valence-electron chi connectivity index (χ1n) is 6.65. The van der Waals surface area contributed by atoms with Crippen molar-refractivity contribution < 1.29 is 13.2 Å². The Morgan fingerprint density at radius 1 is 1.40 bits per heavy atom. The first kappa shape index (κ1) is 14.6. The molecule has 1 unspecified atom stereocenters. The Balaban J connectivity index is 2.21. The zero-order valence-electron chi connectivity index (χ0n) is 11.2. The van der Waals surface area contributed by atoms with Crippen LogP contribution in [0.25, 0.3) is 0 Å². The van der Waals surface area contributed by atoms with Crippen LogP contribution in [0.2, 0.25) is 0 Å². The third kappa shape index (κ3) is 3.62. The summed E-state index contributed by atoms with van der Waals surface area (Å²) in [6.45, 7) is 1.44. The molecule has 0 aliphatic heterocycles. The zero-order valence-corrected chi connectivity index (χ0v) is 11.2. The summed E-state index contributed by atoms with van der Waals surface area (Å²) in [6.07, 6.45) is -1.37. The van der Waals surface area contributed by atoms with Crippen molar-refractivity contribution in [3.05, 3.63) is 22.9 Å². The van der Waals surface area contributed by atoms with E-state index in [0.717, 1.165) is 36.9 Å². The predicted molar refractivity (Wildman–Crippen MR) is 69.4 cm³/mol. The van der Waals surface area contributed by atoms with Crippen LogP contribution in [0.15, 0.2) is 6.07 Å². The second kappa shape index (κ2) is 5.70. The van der Waals surface area contributed by atoms with Crippen molar-refractivity contribution in [3.63, 3.8) is 0 Å². The largest absolute Gasteiger partial charge is 0.391 e. The minimum absolute atomic E-state index is 0.268. The third-order valence-electron chi connectivity index (χ3n) is 3.34. The van der Waals surface area contributed by atoms with E-state index >= 15 is 0 Å². The summed E-state index contributed by atoms with van der Waals surface area (Å²) in [5.41, 5.74) is 2.26. The Morgan fingerprint density at radius 3 is 2.75 bits per heavy atom. The minimum Gasteiger partial charge on any atom is -0.366 e. The quantitative estimate of drug-likeness (QED) is 0.922. The van der Waals surface area contributed by atoms with Gasteiger partial charge in [-0.25, -0.2) is 4.98 Å². The number of rotatable bonds is 3. The van der Waals surface area contributed by atoms with Crippen LogP contribution < -0.4 is 5.32 Å². The van der Waals surface area contributed by atoms with Gasteiger partial charge in [-0.05, 0) is 44.2 Å². The molecule has 1 aromatic heterocycles. The van der Waals surface area contributed by atoms with Crippen LogP contribution >= 0.6 is 0 Å². The van der Waals surface area contributed by atoms with Gasteiger partial charge in [0.1, 0.15) is 11.9 Å². The number of nitriles is 1. The van der Waals surface area contributed by atoms with Crippen LogP contribution in [-0.2, 0) is 12.8 Å². The minimum atomic E-state index is -4.23. The summed E-state index contributed by atoms with van der Waals surface area (Å²) in [5.74, 6) is 0.268. The molecule has 6 heteroatoms. The lowest BCUT2D eigenvalue weighted by atomic mass is 9.95. The molecule has 0 bridgehead atoms. The van der Waals surface area contributed by atoms with Crippen molar-refractivity contribution in [2.75, 3.05) is 5.32 Å². The van der Waals surface area contributed by atoms with Gasteiger partial charge in [0, 0.05) is 11.7 Å². The molecular formula is C14H16F3N3. The fourth-order valence-corrected chi connectivity index (χ4v) is 2.46. The molecule has 1 N–H and O–H groups in total. The molecular weight excluding hydrogens is 267 g/mol. The second-order valence-corrected chi connectivity index (χ2v) is 5.17. The fraction of sp³-hybridized carbons (Fsp3) is 0.571. The lowest BCUT2D eigenvalue weighted by Gasteiger charge is -2.20. The highest BCUT2D eigenvalue weighted by Crippen LogP contribution is 2.27. The fourth-order valence-electron chi connectivity index (χ4n) is 2.46. The Bertz CT molecular complexity index is 532. The molecule has 0 amide bonds. The molecule has 0 spiro atoms. The molecule has 108 valence electrons. The summed E-state index contributed by atoms with van der Waals surface area (Å²) in [7, 11) is 0. The average Bonchev–Trinajstić information content (AvgIpc) is 2.35. The van der Waals surface area contributed by atoms with Crippen LogP contribution in [0, 0.1) is 11.3 Å². The number of hydrogen-bond acceptors (Lipinski definition) is 3. The summed E-state index contributed by atoms with van der Waals surface area (Å²) >= 11 is 0. The molecule has 0 saturated heterocycles. The van der Waals surface area contributed by atoms with E-state index in [1.165, 1.54) is 6.92 Å². The molecule has 1 aliphatic carbocycles. The van der Waals surface area contributed by atoms with E-state index in [0.29, 0.717) is 5.56 Å². The Kier molecular flexibility index (Phi) is 4.17. The van der Waals surface area contributed by atoms with Crippen LogP contribution in [0.1, 0.15) is 43.0 Å². The molecule has 3 nitrogen and oxygen atoms in total. The maximum absolute atomic E-state index is 12.3. The van der Waals surface area contributed by atoms with Crippen LogP contribution in [0.3, 0.4) is 0 Å². The van der Waals surface area contributed by atoms with Gasteiger partial charge in [-0.3, -0.25) is 0 Å². The van der Waals surface area contributed by atoms with E-state index in [9.17, 15) is 13.2 Å². The zero-order chi connectivity index (χ0) is 14.8. The summed E-state index contributed by atoms with van der Waals surface area (Å²) < 4.78 is 37.0. The van der Waals surface area contributed by atoms with Gasteiger partial charge in [-0.1, -0.05) is 0 Å². The van der Waals surface area contributed by atoms with E-state index in [-0.39, 0.29) is 5.82 Å². The number of aryl methyl sites for hydroxylation is 2. The number of nitrogens with one attached hydrogen (secondary N) is 1. The summed E-state index contributed by atoms with van der Waals surface area (Å²) in [4.78, 5) is 4.35. The molecule has 1 aliphatic rings. The number of alkyl halides is 3. The smallest absolute Gasteiger partial charge is 0.366 e. The maximum atomic E-state index is 12.3. The first-order valence-corrected chi connectivity index (χ1v) is 6.65. The average molecular weight is 283 g/mol. The van der Waals surface area contributed by atoms with Crippen LogP contribution in [0.5, 0.6) is 0 Å². The van der Waals surface area contributed by atoms with Crippen molar-refractivity contribution in [3.8, 4) is 6.07 Å². The second-order valence-electron chi connectivity index (χ2n) is 5.17. The standard InChI is InChI=1S/C14H16F3N3/c1-9(7-14(15,16)17)19-13-11(8-18)6-10-4-2-3-5-12(10)20-13/h6,9H,2-5,7H2,1H3,(H,19,20). The van der Waals surface area contributed by atoms with E-state index in [2.05, 4.69) is 10.3 Å². The molecule has 0 saturated carbocycles. The van der Waals surface area contributed by atoms with E-state index in [4.69, 9.17) is 5.26 Å². The van der Waals surface area contributed by atoms with E-state index in [1.54, 1.807) is 6.07 Å². The van der Waals surface area contributed by atoms with Gasteiger partial charge in [-0.2, -0.15) is 18.4 Å². The SMILES string of the molecule is CC(CC(F)(F)F)Nc1nc2c(cc1C#N)CCCC2. The lowest BCUT2D eigenvalue weighted by molar-refractivity contribution is -0.136. The Labute approximate surface area is 115 Å². The third-order valence-corrected chi connectivity index (χ3v) is 3.34. The molecule has 1 atom stereocenters. The maximum Gasteiger partial charge on any atom is 0.391 e. The molecule has 0 radical (unpaired) electrons. The van der Waals surface area contributed by atoms with Gasteiger partial charge in [0.05, 0.1) is 12.0 Å². The molecule has 2 rings (SSSR count). The Morgan fingerprint density at radius 2 is 2.10 bits per heavy atom. The van der Waals surface area contributed by atoms with Crippen molar-refractivity contribution in [1.82, 2.24) is 4.98 Å². The van der Waals surface area contributed by atoms with E-state index < -0.39 is 18.6 Å². The van der Waals surface area contributed by atoms with Gasteiger partial charge in [0.15, 0.2) is 0 Å². The van der Waals surface area contributed by atoms with Gasteiger partial charge in [-0.15, -0.1) is 0 Å². The monoisotopic (exact) mass is 283 g/mol. The number of halogens is 3. The number of anilines is 1. The number of fused-ring (bicyclic) bond motifs is 1. The van der Waals surface area contributed by atoms with Crippen molar-refractivity contribution in [2.24, 2.45) is 0 Å². The number of pyridine rings is 1. The predicted octanol–water partition coefficient (Wildman–Crippen LogP) is 3.58. The van der Waals surface area contributed by atoms with E-state index in [1.807, 2.05) is 6.07 Å². The number of aromatic nitrogens is 1. The van der Waals surface area contributed by atoms with Gasteiger partial charge < -0.3 is 5.32 Å².